The lowest BCUT2D eigenvalue weighted by Gasteiger charge is -2.10. The number of benzene rings is 2. The molecule has 2 aromatic carbocycles. The number of esters is 1. The minimum absolute atomic E-state index is 0.0944. The van der Waals surface area contributed by atoms with Crippen LogP contribution in [0.15, 0.2) is 60.3 Å². The van der Waals surface area contributed by atoms with Crippen LogP contribution in [0, 0.1) is 13.8 Å². The van der Waals surface area contributed by atoms with Crippen LogP contribution in [0.25, 0.3) is 0 Å². The molecule has 0 heterocycles. The van der Waals surface area contributed by atoms with Gasteiger partial charge in [0.2, 0.25) is 0 Å². The van der Waals surface area contributed by atoms with E-state index in [9.17, 15) is 9.59 Å². The van der Waals surface area contributed by atoms with Gasteiger partial charge in [-0.25, -0.2) is 4.79 Å². The summed E-state index contributed by atoms with van der Waals surface area (Å²) >= 11 is 0. The van der Waals surface area contributed by atoms with Gasteiger partial charge >= 0.3 is 5.97 Å². The summed E-state index contributed by atoms with van der Waals surface area (Å²) in [5.41, 5.74) is 3.50. The maximum Gasteiger partial charge on any atom is 0.345 e. The topological polar surface area (TPSA) is 67.4 Å². The highest BCUT2D eigenvalue weighted by molar-refractivity contribution is 6.21. The third kappa shape index (κ3) is 5.49. The maximum atomic E-state index is 12.5. The van der Waals surface area contributed by atoms with Gasteiger partial charge in [-0.3, -0.25) is 4.79 Å². The van der Waals surface area contributed by atoms with E-state index >= 15 is 0 Å². The molecule has 0 unspecified atom stereocenters. The fourth-order valence-electron chi connectivity index (χ4n) is 2.07. The van der Waals surface area contributed by atoms with E-state index in [1.54, 1.807) is 19.1 Å². The zero-order chi connectivity index (χ0) is 18.2. The molecule has 0 saturated carbocycles. The molecule has 0 fully saturated rings. The molecule has 5 nitrogen and oxygen atoms in total. The van der Waals surface area contributed by atoms with Gasteiger partial charge in [0.1, 0.15) is 5.57 Å². The fourth-order valence-corrected chi connectivity index (χ4v) is 2.07. The van der Waals surface area contributed by atoms with Crippen molar-refractivity contribution in [2.24, 2.45) is 0 Å². The van der Waals surface area contributed by atoms with E-state index in [1.807, 2.05) is 50.2 Å². The molecule has 0 aliphatic heterocycles. The van der Waals surface area contributed by atoms with Crippen LogP contribution in [0.4, 0.5) is 11.4 Å². The summed E-state index contributed by atoms with van der Waals surface area (Å²) in [5.74, 6) is -1.20. The molecule has 130 valence electrons. The molecular formula is C20H22N2O3. The Hall–Kier alpha value is -3.08. The second-order valence-electron chi connectivity index (χ2n) is 5.61. The van der Waals surface area contributed by atoms with Gasteiger partial charge < -0.3 is 15.4 Å². The first kappa shape index (κ1) is 18.3. The molecule has 0 aromatic heterocycles. The Labute approximate surface area is 147 Å². The Bertz CT molecular complexity index is 763. The Morgan fingerprint density at radius 2 is 1.44 bits per heavy atom. The van der Waals surface area contributed by atoms with Gasteiger partial charge in [0.15, 0.2) is 0 Å². The van der Waals surface area contributed by atoms with Gasteiger partial charge in [-0.05, 0) is 45.0 Å². The SMILES string of the molecule is CCOC(=O)/C(=C/Nc1ccc(C)cc1)C(=O)Nc1ccc(C)cc1. The highest BCUT2D eigenvalue weighted by atomic mass is 16.5. The number of aryl methyl sites for hydroxylation is 2. The third-order valence-electron chi connectivity index (χ3n) is 3.48. The smallest absolute Gasteiger partial charge is 0.345 e. The molecule has 0 saturated heterocycles. The first-order chi connectivity index (χ1) is 12.0. The molecule has 5 heteroatoms. The van der Waals surface area contributed by atoms with Crippen molar-refractivity contribution in [2.75, 3.05) is 17.2 Å². The van der Waals surface area contributed by atoms with Crippen molar-refractivity contribution in [1.29, 1.82) is 0 Å². The van der Waals surface area contributed by atoms with Crippen LogP contribution >= 0.6 is 0 Å². The van der Waals surface area contributed by atoms with Gasteiger partial charge in [-0.15, -0.1) is 0 Å². The molecule has 0 radical (unpaired) electrons. The van der Waals surface area contributed by atoms with Crippen molar-refractivity contribution >= 4 is 23.3 Å². The van der Waals surface area contributed by atoms with Gasteiger partial charge in [0.05, 0.1) is 6.61 Å². The van der Waals surface area contributed by atoms with Crippen molar-refractivity contribution in [3.8, 4) is 0 Å². The number of hydrogen-bond donors (Lipinski definition) is 2. The maximum absolute atomic E-state index is 12.5. The predicted octanol–water partition coefficient (Wildman–Crippen LogP) is 3.80. The number of anilines is 2. The third-order valence-corrected chi connectivity index (χ3v) is 3.48. The summed E-state index contributed by atoms with van der Waals surface area (Å²) in [5, 5.41) is 5.67. The summed E-state index contributed by atoms with van der Waals surface area (Å²) in [7, 11) is 0. The molecule has 2 aromatic rings. The van der Waals surface area contributed by atoms with E-state index in [0.717, 1.165) is 16.8 Å². The largest absolute Gasteiger partial charge is 0.462 e. The zero-order valence-corrected chi connectivity index (χ0v) is 14.6. The lowest BCUT2D eigenvalue weighted by atomic mass is 10.2. The summed E-state index contributed by atoms with van der Waals surface area (Å²) in [6, 6.07) is 14.9. The zero-order valence-electron chi connectivity index (χ0n) is 14.6. The molecular weight excluding hydrogens is 316 g/mol. The molecule has 0 bridgehead atoms. The summed E-state index contributed by atoms with van der Waals surface area (Å²) in [6.45, 7) is 5.83. The van der Waals surface area contributed by atoms with E-state index in [0.29, 0.717) is 5.69 Å². The lowest BCUT2D eigenvalue weighted by molar-refractivity contribution is -0.139. The first-order valence-electron chi connectivity index (χ1n) is 8.08. The summed E-state index contributed by atoms with van der Waals surface area (Å²) in [6.07, 6.45) is 1.37. The van der Waals surface area contributed by atoms with Gasteiger partial charge in [0, 0.05) is 17.6 Å². The number of hydrogen-bond acceptors (Lipinski definition) is 4. The van der Waals surface area contributed by atoms with Crippen LogP contribution in [-0.4, -0.2) is 18.5 Å². The standard InChI is InChI=1S/C20H22N2O3/c1-4-25-20(24)18(13-21-16-9-5-14(2)6-10-16)19(23)22-17-11-7-15(3)8-12-17/h5-13,21H,4H2,1-3H3,(H,22,23)/b18-13+. The van der Waals surface area contributed by atoms with Crippen LogP contribution in [0.3, 0.4) is 0 Å². The van der Waals surface area contributed by atoms with Crippen LogP contribution in [0.2, 0.25) is 0 Å². The van der Waals surface area contributed by atoms with Gasteiger partial charge in [0.25, 0.3) is 5.91 Å². The number of carbonyl (C=O) groups excluding carboxylic acids is 2. The molecule has 0 atom stereocenters. The number of carbonyl (C=O) groups is 2. The van der Waals surface area contributed by atoms with E-state index in [1.165, 1.54) is 6.20 Å². The van der Waals surface area contributed by atoms with E-state index in [4.69, 9.17) is 4.74 Å². The van der Waals surface area contributed by atoms with E-state index < -0.39 is 11.9 Å². The van der Waals surface area contributed by atoms with Crippen molar-refractivity contribution in [2.45, 2.75) is 20.8 Å². The minimum atomic E-state index is -0.674. The molecule has 0 spiro atoms. The monoisotopic (exact) mass is 338 g/mol. The molecule has 2 N–H and O–H groups in total. The highest BCUT2D eigenvalue weighted by Gasteiger charge is 2.19. The van der Waals surface area contributed by atoms with E-state index in [2.05, 4.69) is 10.6 Å². The molecule has 25 heavy (non-hydrogen) atoms. The number of rotatable bonds is 6. The lowest BCUT2D eigenvalue weighted by Crippen LogP contribution is -2.23. The molecule has 1 amide bonds. The van der Waals surface area contributed by atoms with Crippen molar-refractivity contribution in [3.05, 3.63) is 71.4 Å². The van der Waals surface area contributed by atoms with Crippen molar-refractivity contribution in [3.63, 3.8) is 0 Å². The van der Waals surface area contributed by atoms with Crippen LogP contribution < -0.4 is 10.6 Å². The van der Waals surface area contributed by atoms with Crippen LogP contribution in [-0.2, 0) is 14.3 Å². The molecule has 2 rings (SSSR count). The van der Waals surface area contributed by atoms with E-state index in [-0.39, 0.29) is 12.2 Å². The Kier molecular flexibility index (Phi) is 6.34. The second-order valence-corrected chi connectivity index (χ2v) is 5.61. The Balaban J connectivity index is 2.17. The van der Waals surface area contributed by atoms with Crippen molar-refractivity contribution < 1.29 is 14.3 Å². The average Bonchev–Trinajstić information content (AvgIpc) is 2.59. The predicted molar refractivity (Wildman–Crippen MR) is 99.3 cm³/mol. The summed E-state index contributed by atoms with van der Waals surface area (Å²) < 4.78 is 4.98. The van der Waals surface area contributed by atoms with Crippen LogP contribution in [0.5, 0.6) is 0 Å². The highest BCUT2D eigenvalue weighted by Crippen LogP contribution is 2.13. The van der Waals surface area contributed by atoms with Crippen LogP contribution in [0.1, 0.15) is 18.1 Å². The minimum Gasteiger partial charge on any atom is -0.462 e. The van der Waals surface area contributed by atoms with Gasteiger partial charge in [-0.2, -0.15) is 0 Å². The number of ether oxygens (including phenoxy) is 1. The quantitative estimate of drug-likeness (QED) is 0.364. The number of nitrogens with one attached hydrogen (secondary N) is 2. The molecule has 0 aliphatic carbocycles. The second kappa shape index (κ2) is 8.68. The first-order valence-corrected chi connectivity index (χ1v) is 8.08. The van der Waals surface area contributed by atoms with Crippen molar-refractivity contribution in [1.82, 2.24) is 0 Å². The Morgan fingerprint density at radius 1 is 0.920 bits per heavy atom. The van der Waals surface area contributed by atoms with Gasteiger partial charge in [-0.1, -0.05) is 35.4 Å². The molecule has 0 aliphatic rings. The normalized spacial score (nSPS) is 10.9. The average molecular weight is 338 g/mol. The fraction of sp³-hybridized carbons (Fsp3) is 0.200. The number of amides is 1. The Morgan fingerprint density at radius 3 is 1.96 bits per heavy atom. The summed E-state index contributed by atoms with van der Waals surface area (Å²) in [4.78, 5) is 24.6.